The Morgan fingerprint density at radius 1 is 1.05 bits per heavy atom. The summed E-state index contributed by atoms with van der Waals surface area (Å²) in [6.45, 7) is 4.43. The van der Waals surface area contributed by atoms with Crippen LogP contribution in [0, 0.1) is 0 Å². The van der Waals surface area contributed by atoms with Gasteiger partial charge >= 0.3 is 6.03 Å². The molecule has 0 saturated carbocycles. The van der Waals surface area contributed by atoms with Crippen LogP contribution in [0.25, 0.3) is 16.6 Å². The number of rotatable bonds is 8. The van der Waals surface area contributed by atoms with Crippen molar-refractivity contribution in [2.45, 2.75) is 26.4 Å². The van der Waals surface area contributed by atoms with Crippen LogP contribution < -0.4 is 15.6 Å². The van der Waals surface area contributed by atoms with E-state index < -0.39 is 6.04 Å². The molecular formula is C30H27ClN4O4. The Hall–Kier alpha value is -4.56. The molecule has 3 aromatic carbocycles. The standard InChI is InChI=1S/C30H27ClN4O4/c1-3-38-24-16-14-23(15-17-24)35-28(33-27-9-5-4-8-26(27)29(35)36)20(2)34(19-25-7-6-18-39-25)30(37)32-22-12-10-21(31)11-13-22/h4-18,20H,3,19H2,1-2H3,(H,32,37). The van der Waals surface area contributed by atoms with Crippen LogP contribution in [0.2, 0.25) is 5.02 Å². The fraction of sp³-hybridized carbons (Fsp3) is 0.167. The highest BCUT2D eigenvalue weighted by molar-refractivity contribution is 6.30. The molecule has 2 amide bonds. The van der Waals surface area contributed by atoms with Crippen LogP contribution >= 0.6 is 11.6 Å². The van der Waals surface area contributed by atoms with E-state index in [4.69, 9.17) is 25.7 Å². The van der Waals surface area contributed by atoms with E-state index in [0.29, 0.717) is 51.2 Å². The number of urea groups is 1. The molecule has 198 valence electrons. The predicted molar refractivity (Wildman–Crippen MR) is 152 cm³/mol. The zero-order valence-electron chi connectivity index (χ0n) is 21.5. The number of carbonyl (C=O) groups excluding carboxylic acids is 1. The first kappa shape index (κ1) is 26.1. The van der Waals surface area contributed by atoms with Gasteiger partial charge in [-0.15, -0.1) is 0 Å². The average Bonchev–Trinajstić information content (AvgIpc) is 3.47. The maximum absolute atomic E-state index is 13.8. The van der Waals surface area contributed by atoms with Gasteiger partial charge in [-0.05, 0) is 86.6 Å². The van der Waals surface area contributed by atoms with Gasteiger partial charge in [0.25, 0.3) is 5.56 Å². The Kier molecular flexibility index (Phi) is 7.65. The van der Waals surface area contributed by atoms with Crippen molar-refractivity contribution in [2.24, 2.45) is 0 Å². The minimum atomic E-state index is -0.633. The van der Waals surface area contributed by atoms with Crippen LogP contribution in [-0.2, 0) is 6.54 Å². The largest absolute Gasteiger partial charge is 0.494 e. The lowest BCUT2D eigenvalue weighted by Gasteiger charge is -2.30. The molecule has 0 fully saturated rings. The molecule has 0 aliphatic heterocycles. The topological polar surface area (TPSA) is 89.6 Å². The number of hydrogen-bond donors (Lipinski definition) is 1. The third-order valence-corrected chi connectivity index (χ3v) is 6.56. The number of hydrogen-bond acceptors (Lipinski definition) is 5. The summed E-state index contributed by atoms with van der Waals surface area (Å²) >= 11 is 6.02. The second-order valence-corrected chi connectivity index (χ2v) is 9.31. The Labute approximate surface area is 230 Å². The predicted octanol–water partition coefficient (Wildman–Crippen LogP) is 6.83. The van der Waals surface area contributed by atoms with Crippen molar-refractivity contribution < 1.29 is 13.9 Å². The highest BCUT2D eigenvalue weighted by Gasteiger charge is 2.28. The lowest BCUT2D eigenvalue weighted by Crippen LogP contribution is -2.39. The number of amides is 2. The quantitative estimate of drug-likeness (QED) is 0.232. The number of furan rings is 1. The lowest BCUT2D eigenvalue weighted by atomic mass is 10.1. The van der Waals surface area contributed by atoms with E-state index in [9.17, 15) is 9.59 Å². The molecular weight excluding hydrogens is 516 g/mol. The van der Waals surface area contributed by atoms with Crippen molar-refractivity contribution in [3.05, 3.63) is 118 Å². The third-order valence-electron chi connectivity index (χ3n) is 6.31. The third kappa shape index (κ3) is 5.66. The number of benzene rings is 3. The number of fused-ring (bicyclic) bond motifs is 1. The van der Waals surface area contributed by atoms with Crippen LogP contribution in [0.4, 0.5) is 10.5 Å². The summed E-state index contributed by atoms with van der Waals surface area (Å²) in [6, 6.07) is 23.8. The first-order chi connectivity index (χ1) is 18.9. The molecule has 0 radical (unpaired) electrons. The van der Waals surface area contributed by atoms with Crippen LogP contribution in [-0.4, -0.2) is 27.1 Å². The molecule has 0 aliphatic rings. The molecule has 1 atom stereocenters. The maximum Gasteiger partial charge on any atom is 0.322 e. The molecule has 0 bridgehead atoms. The summed E-state index contributed by atoms with van der Waals surface area (Å²) in [5, 5.41) is 3.96. The van der Waals surface area contributed by atoms with Gasteiger partial charge in [0.1, 0.15) is 17.3 Å². The van der Waals surface area contributed by atoms with Crippen molar-refractivity contribution in [2.75, 3.05) is 11.9 Å². The molecule has 1 N–H and O–H groups in total. The summed E-state index contributed by atoms with van der Waals surface area (Å²) in [5.74, 6) is 1.68. The van der Waals surface area contributed by atoms with Crippen LogP contribution in [0.3, 0.4) is 0 Å². The fourth-order valence-corrected chi connectivity index (χ4v) is 4.49. The zero-order valence-corrected chi connectivity index (χ0v) is 22.3. The van der Waals surface area contributed by atoms with Crippen LogP contribution in [0.1, 0.15) is 31.5 Å². The summed E-state index contributed by atoms with van der Waals surface area (Å²) in [4.78, 5) is 34.0. The van der Waals surface area contributed by atoms with Gasteiger partial charge in [0.05, 0.1) is 42.0 Å². The number of nitrogens with zero attached hydrogens (tertiary/aromatic N) is 3. The van der Waals surface area contributed by atoms with Gasteiger partial charge in [-0.2, -0.15) is 0 Å². The van der Waals surface area contributed by atoms with Crippen molar-refractivity contribution in [3.8, 4) is 11.4 Å². The fourth-order valence-electron chi connectivity index (χ4n) is 4.36. The summed E-state index contributed by atoms with van der Waals surface area (Å²) in [5.41, 5.74) is 1.50. The van der Waals surface area contributed by atoms with E-state index in [-0.39, 0.29) is 18.1 Å². The van der Waals surface area contributed by atoms with Crippen molar-refractivity contribution in [1.82, 2.24) is 14.5 Å². The first-order valence-corrected chi connectivity index (χ1v) is 12.9. The highest BCUT2D eigenvalue weighted by Crippen LogP contribution is 2.27. The van der Waals surface area contributed by atoms with Gasteiger partial charge in [-0.1, -0.05) is 23.7 Å². The van der Waals surface area contributed by atoms with E-state index in [2.05, 4.69) is 5.32 Å². The van der Waals surface area contributed by atoms with Gasteiger partial charge in [0.15, 0.2) is 0 Å². The van der Waals surface area contributed by atoms with Gasteiger partial charge in [0.2, 0.25) is 0 Å². The highest BCUT2D eigenvalue weighted by atomic mass is 35.5. The number of nitrogens with one attached hydrogen (secondary N) is 1. The van der Waals surface area contributed by atoms with Gasteiger partial charge in [0, 0.05) is 10.7 Å². The van der Waals surface area contributed by atoms with E-state index in [1.54, 1.807) is 70.3 Å². The Morgan fingerprint density at radius 3 is 2.49 bits per heavy atom. The molecule has 9 heteroatoms. The molecule has 5 aromatic rings. The van der Waals surface area contributed by atoms with Crippen molar-refractivity contribution in [1.29, 1.82) is 0 Å². The lowest BCUT2D eigenvalue weighted by molar-refractivity contribution is 0.179. The van der Waals surface area contributed by atoms with Crippen LogP contribution in [0.15, 0.2) is 100 Å². The Morgan fingerprint density at radius 2 is 1.79 bits per heavy atom. The molecule has 1 unspecified atom stereocenters. The van der Waals surface area contributed by atoms with E-state index in [1.807, 2.05) is 44.2 Å². The van der Waals surface area contributed by atoms with Crippen LogP contribution in [0.5, 0.6) is 5.75 Å². The molecule has 2 aromatic heterocycles. The zero-order chi connectivity index (χ0) is 27.4. The van der Waals surface area contributed by atoms with Gasteiger partial charge in [-0.25, -0.2) is 9.78 Å². The molecule has 0 spiro atoms. The molecule has 2 heterocycles. The summed E-state index contributed by atoms with van der Waals surface area (Å²) < 4.78 is 12.7. The number of ether oxygens (including phenoxy) is 1. The van der Waals surface area contributed by atoms with Gasteiger partial charge < -0.3 is 19.4 Å². The number of halogens is 1. The molecule has 0 saturated heterocycles. The minimum absolute atomic E-state index is 0.152. The second kappa shape index (κ2) is 11.4. The summed E-state index contributed by atoms with van der Waals surface area (Å²) in [7, 11) is 0. The SMILES string of the molecule is CCOc1ccc(-n2c(C(C)N(Cc3ccco3)C(=O)Nc3ccc(Cl)cc3)nc3ccccc3c2=O)cc1. The molecule has 0 aliphatic carbocycles. The van der Waals surface area contributed by atoms with E-state index in [1.165, 1.54) is 0 Å². The molecule has 5 rings (SSSR count). The number of aromatic nitrogens is 2. The van der Waals surface area contributed by atoms with E-state index >= 15 is 0 Å². The average molecular weight is 543 g/mol. The minimum Gasteiger partial charge on any atom is -0.494 e. The smallest absolute Gasteiger partial charge is 0.322 e. The van der Waals surface area contributed by atoms with Crippen molar-refractivity contribution >= 4 is 34.2 Å². The first-order valence-electron chi connectivity index (χ1n) is 12.5. The second-order valence-electron chi connectivity index (χ2n) is 8.87. The van der Waals surface area contributed by atoms with Crippen molar-refractivity contribution in [3.63, 3.8) is 0 Å². The van der Waals surface area contributed by atoms with E-state index in [0.717, 1.165) is 0 Å². The number of carbonyl (C=O) groups is 1. The normalized spacial score (nSPS) is 11.8. The summed E-state index contributed by atoms with van der Waals surface area (Å²) in [6.07, 6.45) is 1.55. The number of para-hydroxylation sites is 1. The Balaban J connectivity index is 1.61. The monoisotopic (exact) mass is 542 g/mol. The molecule has 39 heavy (non-hydrogen) atoms. The number of anilines is 1. The Bertz CT molecular complexity index is 1630. The van der Waals surface area contributed by atoms with Gasteiger partial charge in [-0.3, -0.25) is 9.36 Å². The molecule has 8 nitrogen and oxygen atoms in total. The maximum atomic E-state index is 13.8.